The standard InChI is InChI=1S/C13H15FN2O/c1-2-16(9-3-8-15)10-13(17)11-4-6-12(14)7-5-11/h4-7H,2-3,9-10H2,1H3. The molecule has 0 saturated heterocycles. The molecule has 0 aliphatic rings. The molecule has 17 heavy (non-hydrogen) atoms. The number of carbonyl (C=O) groups is 1. The van der Waals surface area contributed by atoms with Gasteiger partial charge in [-0.25, -0.2) is 4.39 Å². The first-order valence-corrected chi connectivity index (χ1v) is 5.55. The minimum absolute atomic E-state index is 0.0511. The van der Waals surface area contributed by atoms with E-state index in [0.717, 1.165) is 0 Å². The molecule has 0 aromatic heterocycles. The molecule has 1 aromatic carbocycles. The van der Waals surface area contributed by atoms with Crippen molar-refractivity contribution in [3.8, 4) is 6.07 Å². The van der Waals surface area contributed by atoms with Gasteiger partial charge in [0.15, 0.2) is 5.78 Å². The van der Waals surface area contributed by atoms with Gasteiger partial charge in [0.1, 0.15) is 5.82 Å². The van der Waals surface area contributed by atoms with Crippen LogP contribution in [-0.4, -0.2) is 30.3 Å². The lowest BCUT2D eigenvalue weighted by Gasteiger charge is -2.17. The Balaban J connectivity index is 2.58. The van der Waals surface area contributed by atoms with Gasteiger partial charge in [-0.2, -0.15) is 5.26 Å². The number of benzene rings is 1. The van der Waals surface area contributed by atoms with E-state index in [1.54, 1.807) is 0 Å². The second kappa shape index (κ2) is 6.77. The van der Waals surface area contributed by atoms with E-state index in [0.29, 0.717) is 25.1 Å². The van der Waals surface area contributed by atoms with Gasteiger partial charge in [0.05, 0.1) is 12.6 Å². The minimum Gasteiger partial charge on any atom is -0.295 e. The number of nitriles is 1. The first kappa shape index (κ1) is 13.3. The average molecular weight is 234 g/mol. The summed E-state index contributed by atoms with van der Waals surface area (Å²) < 4.78 is 12.7. The van der Waals surface area contributed by atoms with Crippen LogP contribution >= 0.6 is 0 Å². The van der Waals surface area contributed by atoms with Crippen molar-refractivity contribution >= 4 is 5.78 Å². The normalized spacial score (nSPS) is 10.2. The van der Waals surface area contributed by atoms with Crippen LogP contribution in [0.3, 0.4) is 0 Å². The van der Waals surface area contributed by atoms with E-state index in [-0.39, 0.29) is 18.1 Å². The van der Waals surface area contributed by atoms with E-state index >= 15 is 0 Å². The number of nitrogens with zero attached hydrogens (tertiary/aromatic N) is 2. The van der Waals surface area contributed by atoms with Crippen molar-refractivity contribution in [1.82, 2.24) is 4.90 Å². The second-order valence-corrected chi connectivity index (χ2v) is 3.71. The molecule has 0 unspecified atom stereocenters. The molecule has 4 heteroatoms. The number of hydrogen-bond acceptors (Lipinski definition) is 3. The summed E-state index contributed by atoms with van der Waals surface area (Å²) in [6.45, 7) is 3.51. The van der Waals surface area contributed by atoms with Crippen molar-refractivity contribution < 1.29 is 9.18 Å². The molecule has 0 saturated carbocycles. The number of hydrogen-bond donors (Lipinski definition) is 0. The van der Waals surface area contributed by atoms with Gasteiger partial charge < -0.3 is 0 Å². The Morgan fingerprint density at radius 2 is 2.06 bits per heavy atom. The molecule has 0 bridgehead atoms. The lowest BCUT2D eigenvalue weighted by atomic mass is 10.1. The Morgan fingerprint density at radius 3 is 2.59 bits per heavy atom. The Hall–Kier alpha value is -1.73. The molecule has 1 rings (SSSR count). The number of likely N-dealkylation sites (N-methyl/N-ethyl adjacent to an activating group) is 1. The third-order valence-corrected chi connectivity index (χ3v) is 2.52. The highest BCUT2D eigenvalue weighted by molar-refractivity contribution is 5.97. The number of ketones is 1. The Morgan fingerprint density at radius 1 is 1.41 bits per heavy atom. The maximum Gasteiger partial charge on any atom is 0.176 e. The van der Waals surface area contributed by atoms with Crippen molar-refractivity contribution in [2.75, 3.05) is 19.6 Å². The molecule has 0 radical (unpaired) electrons. The van der Waals surface area contributed by atoms with E-state index in [2.05, 4.69) is 6.07 Å². The fourth-order valence-corrected chi connectivity index (χ4v) is 1.49. The van der Waals surface area contributed by atoms with Gasteiger partial charge in [0.2, 0.25) is 0 Å². The first-order valence-electron chi connectivity index (χ1n) is 5.55. The van der Waals surface area contributed by atoms with E-state index in [1.807, 2.05) is 11.8 Å². The molecular weight excluding hydrogens is 219 g/mol. The van der Waals surface area contributed by atoms with Crippen molar-refractivity contribution in [1.29, 1.82) is 5.26 Å². The van der Waals surface area contributed by atoms with Crippen LogP contribution < -0.4 is 0 Å². The van der Waals surface area contributed by atoms with Crippen LogP contribution in [0.5, 0.6) is 0 Å². The molecule has 0 N–H and O–H groups in total. The zero-order valence-electron chi connectivity index (χ0n) is 9.82. The molecule has 0 aliphatic heterocycles. The lowest BCUT2D eigenvalue weighted by molar-refractivity contribution is 0.0935. The maximum atomic E-state index is 12.7. The van der Waals surface area contributed by atoms with Crippen LogP contribution in [0.4, 0.5) is 4.39 Å². The van der Waals surface area contributed by atoms with Gasteiger partial charge in [-0.15, -0.1) is 0 Å². The summed E-state index contributed by atoms with van der Waals surface area (Å²) in [5.41, 5.74) is 0.502. The zero-order chi connectivity index (χ0) is 12.7. The maximum absolute atomic E-state index is 12.7. The molecule has 0 aliphatic carbocycles. The number of Topliss-reactive ketones (excluding diaryl/α,β-unsaturated/α-hetero) is 1. The number of halogens is 1. The molecule has 0 atom stereocenters. The highest BCUT2D eigenvalue weighted by atomic mass is 19.1. The molecule has 0 spiro atoms. The predicted molar refractivity (Wildman–Crippen MR) is 63.1 cm³/mol. The average Bonchev–Trinajstić information content (AvgIpc) is 2.35. The largest absolute Gasteiger partial charge is 0.295 e. The van der Waals surface area contributed by atoms with Crippen LogP contribution in [0, 0.1) is 17.1 Å². The summed E-state index contributed by atoms with van der Waals surface area (Å²) in [5.74, 6) is -0.400. The summed E-state index contributed by atoms with van der Waals surface area (Å²) in [6, 6.07) is 7.57. The van der Waals surface area contributed by atoms with Crippen molar-refractivity contribution in [2.24, 2.45) is 0 Å². The van der Waals surface area contributed by atoms with E-state index in [4.69, 9.17) is 5.26 Å². The SMILES string of the molecule is CCN(CCC#N)CC(=O)c1ccc(F)cc1. The quantitative estimate of drug-likeness (QED) is 0.709. The van der Waals surface area contributed by atoms with Crippen molar-refractivity contribution in [2.45, 2.75) is 13.3 Å². The van der Waals surface area contributed by atoms with Gasteiger partial charge in [-0.3, -0.25) is 9.69 Å². The third kappa shape index (κ3) is 4.33. The second-order valence-electron chi connectivity index (χ2n) is 3.71. The Kier molecular flexibility index (Phi) is 5.31. The van der Waals surface area contributed by atoms with Gasteiger partial charge in [0.25, 0.3) is 0 Å². The fourth-order valence-electron chi connectivity index (χ4n) is 1.49. The van der Waals surface area contributed by atoms with Crippen LogP contribution in [0.15, 0.2) is 24.3 Å². The lowest BCUT2D eigenvalue weighted by Crippen LogP contribution is -2.30. The summed E-state index contributed by atoms with van der Waals surface area (Å²) >= 11 is 0. The third-order valence-electron chi connectivity index (χ3n) is 2.52. The molecule has 0 amide bonds. The highest BCUT2D eigenvalue weighted by Crippen LogP contribution is 2.05. The molecule has 1 aromatic rings. The summed E-state index contributed by atoms with van der Waals surface area (Å²) in [5, 5.41) is 8.49. The smallest absolute Gasteiger partial charge is 0.176 e. The van der Waals surface area contributed by atoms with Gasteiger partial charge in [-0.1, -0.05) is 6.92 Å². The highest BCUT2D eigenvalue weighted by Gasteiger charge is 2.10. The van der Waals surface area contributed by atoms with Gasteiger partial charge in [0, 0.05) is 18.5 Å². The Labute approximate surface area is 100 Å². The predicted octanol–water partition coefficient (Wildman–Crippen LogP) is 2.24. The fraction of sp³-hybridized carbons (Fsp3) is 0.385. The van der Waals surface area contributed by atoms with Crippen LogP contribution in [-0.2, 0) is 0 Å². The molecule has 0 fully saturated rings. The van der Waals surface area contributed by atoms with E-state index in [9.17, 15) is 9.18 Å². The van der Waals surface area contributed by atoms with E-state index in [1.165, 1.54) is 24.3 Å². The van der Waals surface area contributed by atoms with Crippen molar-refractivity contribution in [3.63, 3.8) is 0 Å². The molecular formula is C13H15FN2O. The molecule has 90 valence electrons. The summed E-state index contributed by atoms with van der Waals surface area (Å²) in [4.78, 5) is 13.7. The number of carbonyl (C=O) groups excluding carboxylic acids is 1. The topological polar surface area (TPSA) is 44.1 Å². The minimum atomic E-state index is -0.349. The van der Waals surface area contributed by atoms with Crippen molar-refractivity contribution in [3.05, 3.63) is 35.6 Å². The summed E-state index contributed by atoms with van der Waals surface area (Å²) in [6.07, 6.45) is 0.407. The van der Waals surface area contributed by atoms with E-state index < -0.39 is 0 Å². The van der Waals surface area contributed by atoms with Gasteiger partial charge >= 0.3 is 0 Å². The zero-order valence-corrected chi connectivity index (χ0v) is 9.82. The summed E-state index contributed by atoms with van der Waals surface area (Å²) in [7, 11) is 0. The molecule has 3 nitrogen and oxygen atoms in total. The monoisotopic (exact) mass is 234 g/mol. The molecule has 0 heterocycles. The van der Waals surface area contributed by atoms with Gasteiger partial charge in [-0.05, 0) is 30.8 Å². The van der Waals surface area contributed by atoms with Crippen LogP contribution in [0.1, 0.15) is 23.7 Å². The van der Waals surface area contributed by atoms with Crippen LogP contribution in [0.25, 0.3) is 0 Å². The number of rotatable bonds is 6. The van der Waals surface area contributed by atoms with Crippen LogP contribution in [0.2, 0.25) is 0 Å². The first-order chi connectivity index (χ1) is 8.17. The Bertz CT molecular complexity index is 408.